The Hall–Kier alpha value is 0.1000. The maximum Gasteiger partial charge on any atom is 0.106 e. The van der Waals surface area contributed by atoms with Gasteiger partial charge in [0.2, 0.25) is 0 Å². The first-order chi connectivity index (χ1) is 6.54. The van der Waals surface area contributed by atoms with Crippen molar-refractivity contribution in [3.8, 4) is 0 Å². The van der Waals surface area contributed by atoms with Crippen LogP contribution in [-0.4, -0.2) is 21.6 Å². The third-order valence-electron chi connectivity index (χ3n) is 1.93. The van der Waals surface area contributed by atoms with E-state index in [0.29, 0.717) is 5.33 Å². The highest BCUT2D eigenvalue weighted by Gasteiger charge is 2.17. The van der Waals surface area contributed by atoms with Crippen LogP contribution in [0.1, 0.15) is 17.2 Å². The zero-order chi connectivity index (χ0) is 10.7. The molecule has 0 bridgehead atoms. The van der Waals surface area contributed by atoms with Crippen LogP contribution >= 0.6 is 31.9 Å². The SMILES string of the molecule is Cc1cc(Br)cc(C(O)C(O)CBr)c1. The molecule has 1 aromatic carbocycles. The average molecular weight is 324 g/mol. The number of alkyl halides is 1. The van der Waals surface area contributed by atoms with Gasteiger partial charge in [-0.25, -0.2) is 0 Å². The summed E-state index contributed by atoms with van der Waals surface area (Å²) < 4.78 is 0.910. The summed E-state index contributed by atoms with van der Waals surface area (Å²) in [7, 11) is 0. The number of hydrogen-bond acceptors (Lipinski definition) is 2. The van der Waals surface area contributed by atoms with E-state index in [1.807, 2.05) is 25.1 Å². The fourth-order valence-electron chi connectivity index (χ4n) is 1.24. The molecule has 0 spiro atoms. The topological polar surface area (TPSA) is 40.5 Å². The van der Waals surface area contributed by atoms with Crippen molar-refractivity contribution in [3.63, 3.8) is 0 Å². The van der Waals surface area contributed by atoms with E-state index in [2.05, 4.69) is 31.9 Å². The standard InChI is InChI=1S/C10H12Br2O2/c1-6-2-7(4-8(12)3-6)10(14)9(13)5-11/h2-4,9-10,13-14H,5H2,1H3. The molecule has 2 atom stereocenters. The van der Waals surface area contributed by atoms with Gasteiger partial charge >= 0.3 is 0 Å². The Morgan fingerprint density at radius 3 is 2.43 bits per heavy atom. The Bertz CT molecular complexity index is 295. The number of hydrogen-bond donors (Lipinski definition) is 2. The molecule has 0 aliphatic heterocycles. The lowest BCUT2D eigenvalue weighted by molar-refractivity contribution is 0.0342. The molecule has 0 saturated carbocycles. The van der Waals surface area contributed by atoms with E-state index in [1.54, 1.807) is 0 Å². The third kappa shape index (κ3) is 3.05. The molecular formula is C10H12Br2O2. The summed E-state index contributed by atoms with van der Waals surface area (Å²) in [5, 5.41) is 19.5. The van der Waals surface area contributed by atoms with Crippen LogP contribution in [0.15, 0.2) is 22.7 Å². The van der Waals surface area contributed by atoms with Gasteiger partial charge in [0, 0.05) is 9.80 Å². The van der Waals surface area contributed by atoms with Crippen LogP contribution in [0.25, 0.3) is 0 Å². The molecule has 0 heterocycles. The number of rotatable bonds is 3. The molecule has 4 heteroatoms. The Kier molecular flexibility index (Phi) is 4.57. The first-order valence-corrected chi connectivity index (χ1v) is 6.15. The van der Waals surface area contributed by atoms with Crippen LogP contribution in [0.2, 0.25) is 0 Å². The molecule has 0 fully saturated rings. The summed E-state index contributed by atoms with van der Waals surface area (Å²) in [6.07, 6.45) is -1.62. The van der Waals surface area contributed by atoms with Crippen LogP contribution in [0, 0.1) is 6.92 Å². The van der Waals surface area contributed by atoms with Crippen molar-refractivity contribution in [2.75, 3.05) is 5.33 Å². The molecule has 0 radical (unpaired) electrons. The maximum absolute atomic E-state index is 9.74. The van der Waals surface area contributed by atoms with Crippen molar-refractivity contribution >= 4 is 31.9 Å². The minimum Gasteiger partial charge on any atom is -0.389 e. The summed E-state index contributed by atoms with van der Waals surface area (Å²) in [5.74, 6) is 0. The molecule has 1 rings (SSSR count). The first-order valence-electron chi connectivity index (χ1n) is 4.23. The van der Waals surface area contributed by atoms with Gasteiger partial charge in [-0.15, -0.1) is 0 Å². The second-order valence-electron chi connectivity index (χ2n) is 3.23. The molecule has 0 saturated heterocycles. The maximum atomic E-state index is 9.74. The number of benzene rings is 1. The van der Waals surface area contributed by atoms with Gasteiger partial charge in [-0.05, 0) is 30.2 Å². The third-order valence-corrected chi connectivity index (χ3v) is 3.05. The lowest BCUT2D eigenvalue weighted by atomic mass is 10.0. The minimum atomic E-state index is -0.842. The van der Waals surface area contributed by atoms with E-state index < -0.39 is 12.2 Å². The Labute approximate surface area is 100 Å². The smallest absolute Gasteiger partial charge is 0.106 e. The van der Waals surface area contributed by atoms with Gasteiger partial charge in [0.1, 0.15) is 6.10 Å². The van der Waals surface area contributed by atoms with Crippen molar-refractivity contribution in [3.05, 3.63) is 33.8 Å². The van der Waals surface area contributed by atoms with Gasteiger partial charge in [-0.2, -0.15) is 0 Å². The molecule has 2 nitrogen and oxygen atoms in total. The van der Waals surface area contributed by atoms with Gasteiger partial charge in [0.05, 0.1) is 6.10 Å². The molecule has 0 aromatic heterocycles. The summed E-state index contributed by atoms with van der Waals surface area (Å²) in [5.41, 5.74) is 1.78. The second kappa shape index (κ2) is 5.26. The zero-order valence-corrected chi connectivity index (χ0v) is 10.9. The van der Waals surface area contributed by atoms with E-state index in [0.717, 1.165) is 15.6 Å². The molecule has 0 aliphatic rings. The zero-order valence-electron chi connectivity index (χ0n) is 7.74. The first kappa shape index (κ1) is 12.2. The van der Waals surface area contributed by atoms with Gasteiger partial charge in [0.25, 0.3) is 0 Å². The van der Waals surface area contributed by atoms with Crippen LogP contribution in [0.4, 0.5) is 0 Å². The second-order valence-corrected chi connectivity index (χ2v) is 4.79. The molecule has 14 heavy (non-hydrogen) atoms. The van der Waals surface area contributed by atoms with Crippen LogP contribution < -0.4 is 0 Å². The molecule has 0 aliphatic carbocycles. The predicted molar refractivity (Wildman–Crippen MR) is 63.6 cm³/mol. The predicted octanol–water partition coefficient (Wildman–Crippen LogP) is 2.55. The molecule has 78 valence electrons. The van der Waals surface area contributed by atoms with Gasteiger partial charge < -0.3 is 10.2 Å². The lowest BCUT2D eigenvalue weighted by Crippen LogP contribution is -2.19. The lowest BCUT2D eigenvalue weighted by Gasteiger charge is -2.16. The number of aliphatic hydroxyl groups is 2. The number of aryl methyl sites for hydroxylation is 1. The molecule has 1 aromatic rings. The molecule has 2 N–H and O–H groups in total. The minimum absolute atomic E-state index is 0.361. The highest BCUT2D eigenvalue weighted by molar-refractivity contribution is 9.10. The van der Waals surface area contributed by atoms with E-state index in [-0.39, 0.29) is 0 Å². The number of halogens is 2. The molecule has 0 amide bonds. The quantitative estimate of drug-likeness (QED) is 0.839. The summed E-state index contributed by atoms with van der Waals surface area (Å²) >= 11 is 6.48. The Morgan fingerprint density at radius 1 is 1.29 bits per heavy atom. The van der Waals surface area contributed by atoms with Crippen LogP contribution in [0.3, 0.4) is 0 Å². The highest BCUT2D eigenvalue weighted by Crippen LogP contribution is 2.23. The Morgan fingerprint density at radius 2 is 1.93 bits per heavy atom. The van der Waals surface area contributed by atoms with Crippen molar-refractivity contribution in [2.24, 2.45) is 0 Å². The number of aliphatic hydroxyl groups excluding tert-OH is 2. The van der Waals surface area contributed by atoms with Crippen molar-refractivity contribution < 1.29 is 10.2 Å². The van der Waals surface area contributed by atoms with Crippen LogP contribution in [0.5, 0.6) is 0 Å². The van der Waals surface area contributed by atoms with Crippen molar-refractivity contribution in [1.29, 1.82) is 0 Å². The van der Waals surface area contributed by atoms with Gasteiger partial charge in [-0.3, -0.25) is 0 Å². The monoisotopic (exact) mass is 322 g/mol. The summed E-state index contributed by atoms with van der Waals surface area (Å²) in [4.78, 5) is 0. The fourth-order valence-corrected chi connectivity index (χ4v) is 2.22. The average Bonchev–Trinajstić information content (AvgIpc) is 2.14. The van der Waals surface area contributed by atoms with Gasteiger partial charge in [0.15, 0.2) is 0 Å². The van der Waals surface area contributed by atoms with Crippen LogP contribution in [-0.2, 0) is 0 Å². The van der Waals surface area contributed by atoms with E-state index in [4.69, 9.17) is 0 Å². The Balaban J connectivity index is 2.94. The summed E-state index contributed by atoms with van der Waals surface area (Å²) in [6, 6.07) is 5.63. The molecule has 2 unspecified atom stereocenters. The largest absolute Gasteiger partial charge is 0.389 e. The van der Waals surface area contributed by atoms with Gasteiger partial charge in [-0.1, -0.05) is 37.9 Å². The normalized spacial score (nSPS) is 15.2. The summed E-state index contributed by atoms with van der Waals surface area (Å²) in [6.45, 7) is 1.95. The highest BCUT2D eigenvalue weighted by atomic mass is 79.9. The van der Waals surface area contributed by atoms with E-state index >= 15 is 0 Å². The van der Waals surface area contributed by atoms with E-state index in [9.17, 15) is 10.2 Å². The van der Waals surface area contributed by atoms with Crippen molar-refractivity contribution in [1.82, 2.24) is 0 Å². The fraction of sp³-hybridized carbons (Fsp3) is 0.400. The van der Waals surface area contributed by atoms with E-state index in [1.165, 1.54) is 0 Å². The van der Waals surface area contributed by atoms with Crippen molar-refractivity contribution in [2.45, 2.75) is 19.1 Å². The molecular weight excluding hydrogens is 312 g/mol.